The van der Waals surface area contributed by atoms with E-state index >= 15 is 0 Å². The highest BCUT2D eigenvalue weighted by Crippen LogP contribution is 2.11. The summed E-state index contributed by atoms with van der Waals surface area (Å²) in [7, 11) is 0. The van der Waals surface area contributed by atoms with E-state index in [1.807, 2.05) is 0 Å². The van der Waals surface area contributed by atoms with E-state index in [0.717, 1.165) is 25.7 Å². The molecule has 0 aliphatic carbocycles. The summed E-state index contributed by atoms with van der Waals surface area (Å²) in [5.74, 6) is -1.39. The Bertz CT molecular complexity index is 497. The number of carboxylic acid groups (broad SMARTS) is 1. The number of carboxylic acids is 1. The average Bonchev–Trinajstić information content (AvgIpc) is 2.43. The maximum absolute atomic E-state index is 11.7. The molecule has 0 spiro atoms. The lowest BCUT2D eigenvalue weighted by Gasteiger charge is -2.05. The Morgan fingerprint density at radius 3 is 2.05 bits per heavy atom. The molecule has 0 radical (unpaired) electrons. The van der Waals surface area contributed by atoms with Gasteiger partial charge in [0.2, 0.25) is 11.8 Å². The lowest BCUT2D eigenvalue weighted by Crippen LogP contribution is -2.11. The van der Waals surface area contributed by atoms with Gasteiger partial charge in [-0.15, -0.1) is 0 Å². The summed E-state index contributed by atoms with van der Waals surface area (Å²) in [5.41, 5.74) is 5.80. The van der Waals surface area contributed by atoms with Crippen molar-refractivity contribution in [3.63, 3.8) is 0 Å². The predicted molar refractivity (Wildman–Crippen MR) is 78.9 cm³/mol. The molecular weight excluding hydrogens is 272 g/mol. The predicted octanol–water partition coefficient (Wildman–Crippen LogP) is 2.15. The number of nitrogens with two attached hydrogens (primary N) is 1. The number of benzene rings is 1. The first kappa shape index (κ1) is 16.7. The molecule has 2 amide bonds. The molecule has 6 nitrogen and oxygen atoms in total. The zero-order valence-corrected chi connectivity index (χ0v) is 11.8. The molecule has 0 aromatic heterocycles. The normalized spacial score (nSPS) is 10.1. The average molecular weight is 292 g/mol. The third-order valence-electron chi connectivity index (χ3n) is 2.99. The van der Waals surface area contributed by atoms with Crippen LogP contribution in [0.2, 0.25) is 0 Å². The van der Waals surface area contributed by atoms with Gasteiger partial charge in [-0.05, 0) is 37.1 Å². The molecule has 1 aromatic carbocycles. The number of hydrogen-bond acceptors (Lipinski definition) is 3. The van der Waals surface area contributed by atoms with Gasteiger partial charge in [-0.1, -0.05) is 12.8 Å². The van der Waals surface area contributed by atoms with Gasteiger partial charge in [-0.3, -0.25) is 9.59 Å². The summed E-state index contributed by atoms with van der Waals surface area (Å²) in [4.78, 5) is 32.9. The molecule has 0 heterocycles. The van der Waals surface area contributed by atoms with Crippen LogP contribution in [0.25, 0.3) is 0 Å². The number of rotatable bonds is 9. The summed E-state index contributed by atoms with van der Waals surface area (Å²) in [5, 5.41) is 11.5. The molecule has 0 saturated heterocycles. The molecule has 6 heteroatoms. The van der Waals surface area contributed by atoms with Crippen LogP contribution in [-0.4, -0.2) is 22.9 Å². The smallest absolute Gasteiger partial charge is 0.335 e. The largest absolute Gasteiger partial charge is 0.478 e. The summed E-state index contributed by atoms with van der Waals surface area (Å²) >= 11 is 0. The second kappa shape index (κ2) is 8.73. The summed E-state index contributed by atoms with van der Waals surface area (Å²) in [6.45, 7) is 0. The van der Waals surface area contributed by atoms with Crippen LogP contribution >= 0.6 is 0 Å². The van der Waals surface area contributed by atoms with Crippen LogP contribution in [-0.2, 0) is 9.59 Å². The van der Waals surface area contributed by atoms with Gasteiger partial charge in [0.1, 0.15) is 0 Å². The summed E-state index contributed by atoms with van der Waals surface area (Å²) in [6.07, 6.45) is 4.05. The molecule has 21 heavy (non-hydrogen) atoms. The number of primary amides is 1. The van der Waals surface area contributed by atoms with Gasteiger partial charge in [-0.25, -0.2) is 4.79 Å². The number of aromatic carboxylic acids is 1. The Balaban J connectivity index is 2.21. The number of unbranched alkanes of at least 4 members (excludes halogenated alkanes) is 3. The molecule has 0 fully saturated rings. The van der Waals surface area contributed by atoms with Gasteiger partial charge in [0, 0.05) is 18.5 Å². The first-order valence-corrected chi connectivity index (χ1v) is 6.90. The fourth-order valence-electron chi connectivity index (χ4n) is 1.86. The molecule has 0 aliphatic heterocycles. The first-order chi connectivity index (χ1) is 9.99. The first-order valence-electron chi connectivity index (χ1n) is 6.90. The van der Waals surface area contributed by atoms with Crippen LogP contribution in [0.5, 0.6) is 0 Å². The van der Waals surface area contributed by atoms with Crippen molar-refractivity contribution >= 4 is 23.5 Å². The number of carbonyl (C=O) groups is 3. The lowest BCUT2D eigenvalue weighted by molar-refractivity contribution is -0.118. The van der Waals surface area contributed by atoms with Gasteiger partial charge in [-0.2, -0.15) is 0 Å². The van der Waals surface area contributed by atoms with Crippen LogP contribution < -0.4 is 11.1 Å². The van der Waals surface area contributed by atoms with E-state index in [4.69, 9.17) is 10.8 Å². The van der Waals surface area contributed by atoms with Gasteiger partial charge >= 0.3 is 5.97 Å². The molecule has 0 unspecified atom stereocenters. The minimum absolute atomic E-state index is 0.104. The molecular formula is C15H20N2O4. The van der Waals surface area contributed by atoms with Crippen LogP contribution in [0.15, 0.2) is 24.3 Å². The van der Waals surface area contributed by atoms with Crippen molar-refractivity contribution in [3.8, 4) is 0 Å². The van der Waals surface area contributed by atoms with E-state index in [-0.39, 0.29) is 17.4 Å². The Labute approximate surface area is 123 Å². The fourth-order valence-corrected chi connectivity index (χ4v) is 1.86. The third kappa shape index (κ3) is 7.10. The van der Waals surface area contributed by atoms with Crippen molar-refractivity contribution in [3.05, 3.63) is 29.8 Å². The topological polar surface area (TPSA) is 109 Å². The third-order valence-corrected chi connectivity index (χ3v) is 2.99. The molecule has 0 aliphatic rings. The van der Waals surface area contributed by atoms with Crippen LogP contribution in [0, 0.1) is 0 Å². The second-order valence-corrected chi connectivity index (χ2v) is 4.81. The van der Waals surface area contributed by atoms with Crippen LogP contribution in [0.1, 0.15) is 48.9 Å². The van der Waals surface area contributed by atoms with Gasteiger partial charge in [0.15, 0.2) is 0 Å². The molecule has 114 valence electrons. The monoisotopic (exact) mass is 292 g/mol. The van der Waals surface area contributed by atoms with E-state index in [2.05, 4.69) is 5.32 Å². The van der Waals surface area contributed by atoms with Gasteiger partial charge in [0.25, 0.3) is 0 Å². The highest BCUT2D eigenvalue weighted by molar-refractivity contribution is 5.92. The summed E-state index contributed by atoms with van der Waals surface area (Å²) in [6, 6.07) is 6.02. The molecule has 0 atom stereocenters. The minimum atomic E-state index is -0.996. The number of anilines is 1. The van der Waals surface area contributed by atoms with E-state index in [1.54, 1.807) is 12.1 Å². The fraction of sp³-hybridized carbons (Fsp3) is 0.400. The van der Waals surface area contributed by atoms with Crippen molar-refractivity contribution in [2.75, 3.05) is 5.32 Å². The molecule has 0 bridgehead atoms. The van der Waals surface area contributed by atoms with Crippen molar-refractivity contribution in [1.82, 2.24) is 0 Å². The van der Waals surface area contributed by atoms with Crippen molar-refractivity contribution in [2.45, 2.75) is 38.5 Å². The summed E-state index contributed by atoms with van der Waals surface area (Å²) < 4.78 is 0. The van der Waals surface area contributed by atoms with E-state index in [1.165, 1.54) is 12.1 Å². The van der Waals surface area contributed by atoms with Gasteiger partial charge < -0.3 is 16.2 Å². The maximum Gasteiger partial charge on any atom is 0.335 e. The number of nitrogens with one attached hydrogen (secondary N) is 1. The molecule has 0 saturated carbocycles. The SMILES string of the molecule is NC(=O)CCCCCCC(=O)Nc1ccc(C(=O)O)cc1. The van der Waals surface area contributed by atoms with Crippen LogP contribution in [0.3, 0.4) is 0 Å². The van der Waals surface area contributed by atoms with Crippen molar-refractivity contribution in [1.29, 1.82) is 0 Å². The quantitative estimate of drug-likeness (QED) is 0.606. The number of carbonyl (C=O) groups excluding carboxylic acids is 2. The standard InChI is InChI=1S/C15H20N2O4/c16-13(18)5-3-1-2-4-6-14(19)17-12-9-7-11(8-10-12)15(20)21/h7-10H,1-6H2,(H2,16,18)(H,17,19)(H,20,21). The Kier molecular flexibility index (Phi) is 6.94. The highest BCUT2D eigenvalue weighted by atomic mass is 16.4. The van der Waals surface area contributed by atoms with E-state index in [0.29, 0.717) is 18.5 Å². The minimum Gasteiger partial charge on any atom is -0.478 e. The maximum atomic E-state index is 11.7. The van der Waals surface area contributed by atoms with Crippen LogP contribution in [0.4, 0.5) is 5.69 Å². The van der Waals surface area contributed by atoms with Crippen molar-refractivity contribution in [2.24, 2.45) is 5.73 Å². The lowest BCUT2D eigenvalue weighted by atomic mass is 10.1. The van der Waals surface area contributed by atoms with E-state index < -0.39 is 5.97 Å². The zero-order chi connectivity index (χ0) is 15.7. The zero-order valence-electron chi connectivity index (χ0n) is 11.8. The Morgan fingerprint density at radius 1 is 0.952 bits per heavy atom. The number of amides is 2. The van der Waals surface area contributed by atoms with Gasteiger partial charge in [0.05, 0.1) is 5.56 Å². The molecule has 1 aromatic rings. The second-order valence-electron chi connectivity index (χ2n) is 4.81. The molecule has 4 N–H and O–H groups in total. The van der Waals surface area contributed by atoms with E-state index in [9.17, 15) is 14.4 Å². The molecule has 1 rings (SSSR count). The Hall–Kier alpha value is -2.37. The highest BCUT2D eigenvalue weighted by Gasteiger charge is 2.05. The number of hydrogen-bond donors (Lipinski definition) is 3. The van der Waals surface area contributed by atoms with Crippen molar-refractivity contribution < 1.29 is 19.5 Å². The Morgan fingerprint density at radius 2 is 1.52 bits per heavy atom.